The van der Waals surface area contributed by atoms with Crippen LogP contribution in [0.4, 0.5) is 11.4 Å². The standard InChI is InChI=1S/C22H33N2P/c1-10-25(19-11-15(2)21(23(6)7)16(3)12-19)20-13-17(4)22(24(8)9)18(5)14-20/h11-14H,10H2,1-9H3. The normalized spacial score (nSPS) is 11.1. The van der Waals surface area contributed by atoms with E-state index in [1.54, 1.807) is 0 Å². The first-order chi connectivity index (χ1) is 11.7. The fraction of sp³-hybridized carbons (Fsp3) is 0.455. The number of benzene rings is 2. The van der Waals surface area contributed by atoms with Crippen molar-refractivity contribution in [2.75, 3.05) is 44.2 Å². The van der Waals surface area contributed by atoms with E-state index >= 15 is 0 Å². The highest BCUT2D eigenvalue weighted by atomic mass is 31.1. The largest absolute Gasteiger partial charge is 0.377 e. The van der Waals surface area contributed by atoms with E-state index in [1.807, 2.05) is 0 Å². The molecule has 0 saturated carbocycles. The lowest BCUT2D eigenvalue weighted by Gasteiger charge is -2.25. The molecule has 0 aromatic heterocycles. The van der Waals surface area contributed by atoms with Gasteiger partial charge in [-0.05, 0) is 98.9 Å². The van der Waals surface area contributed by atoms with Crippen LogP contribution in [0, 0.1) is 27.7 Å². The van der Waals surface area contributed by atoms with Gasteiger partial charge in [-0.3, -0.25) is 0 Å². The molecule has 0 aliphatic carbocycles. The first-order valence-corrected chi connectivity index (χ1v) is 10.5. The molecule has 0 heterocycles. The topological polar surface area (TPSA) is 6.48 Å². The second kappa shape index (κ2) is 7.79. The lowest BCUT2D eigenvalue weighted by atomic mass is 10.1. The Morgan fingerprint density at radius 1 is 0.640 bits per heavy atom. The second-order valence-corrected chi connectivity index (χ2v) is 9.91. The third-order valence-electron chi connectivity index (χ3n) is 4.79. The van der Waals surface area contributed by atoms with Gasteiger partial charge in [0.1, 0.15) is 0 Å². The zero-order valence-electron chi connectivity index (χ0n) is 17.4. The van der Waals surface area contributed by atoms with Crippen molar-refractivity contribution in [1.82, 2.24) is 0 Å². The van der Waals surface area contributed by atoms with E-state index in [-0.39, 0.29) is 7.92 Å². The molecule has 0 aliphatic rings. The number of hydrogen-bond donors (Lipinski definition) is 0. The third kappa shape index (κ3) is 4.01. The van der Waals surface area contributed by atoms with Crippen molar-refractivity contribution in [1.29, 1.82) is 0 Å². The first-order valence-electron chi connectivity index (χ1n) is 9.02. The van der Waals surface area contributed by atoms with Crippen molar-refractivity contribution in [2.45, 2.75) is 34.6 Å². The Morgan fingerprint density at radius 3 is 1.12 bits per heavy atom. The van der Waals surface area contributed by atoms with Crippen LogP contribution in [0.5, 0.6) is 0 Å². The van der Waals surface area contributed by atoms with Crippen molar-refractivity contribution >= 4 is 29.9 Å². The maximum atomic E-state index is 2.40. The van der Waals surface area contributed by atoms with Crippen LogP contribution in [0.2, 0.25) is 0 Å². The van der Waals surface area contributed by atoms with Gasteiger partial charge >= 0.3 is 0 Å². The summed E-state index contributed by atoms with van der Waals surface area (Å²) in [6.07, 6.45) is 1.18. The summed E-state index contributed by atoms with van der Waals surface area (Å²) in [5.74, 6) is 0. The molecule has 0 bridgehead atoms. The van der Waals surface area contributed by atoms with Crippen LogP contribution in [0.3, 0.4) is 0 Å². The molecular weight excluding hydrogens is 323 g/mol. The van der Waals surface area contributed by atoms with Crippen LogP contribution in [0.1, 0.15) is 29.2 Å². The number of anilines is 2. The summed E-state index contributed by atoms with van der Waals surface area (Å²) in [7, 11) is 8.20. The minimum Gasteiger partial charge on any atom is -0.377 e. The van der Waals surface area contributed by atoms with Gasteiger partial charge in [-0.1, -0.05) is 6.92 Å². The molecule has 0 spiro atoms. The summed E-state index contributed by atoms with van der Waals surface area (Å²) in [6.45, 7) is 11.3. The molecule has 0 atom stereocenters. The Morgan fingerprint density at radius 2 is 0.920 bits per heavy atom. The fourth-order valence-electron chi connectivity index (χ4n) is 4.10. The lowest BCUT2D eigenvalue weighted by Crippen LogP contribution is -2.20. The Kier molecular flexibility index (Phi) is 6.16. The molecule has 2 rings (SSSR count). The quantitative estimate of drug-likeness (QED) is 0.728. The lowest BCUT2D eigenvalue weighted by molar-refractivity contribution is 1.10. The molecule has 0 unspecified atom stereocenters. The summed E-state index contributed by atoms with van der Waals surface area (Å²) in [6, 6.07) is 9.62. The molecule has 0 amide bonds. The summed E-state index contributed by atoms with van der Waals surface area (Å²) < 4.78 is 0. The van der Waals surface area contributed by atoms with Gasteiger partial charge in [0.2, 0.25) is 0 Å². The predicted molar refractivity (Wildman–Crippen MR) is 117 cm³/mol. The van der Waals surface area contributed by atoms with E-state index in [0.717, 1.165) is 0 Å². The van der Waals surface area contributed by atoms with E-state index in [9.17, 15) is 0 Å². The van der Waals surface area contributed by atoms with E-state index in [2.05, 4.69) is 96.9 Å². The number of nitrogens with zero attached hydrogens (tertiary/aromatic N) is 2. The van der Waals surface area contributed by atoms with Gasteiger partial charge in [-0.2, -0.15) is 0 Å². The van der Waals surface area contributed by atoms with Crippen LogP contribution in [0.25, 0.3) is 0 Å². The number of hydrogen-bond acceptors (Lipinski definition) is 2. The average Bonchev–Trinajstić information content (AvgIpc) is 2.45. The van der Waals surface area contributed by atoms with Crippen molar-refractivity contribution in [3.05, 3.63) is 46.5 Å². The van der Waals surface area contributed by atoms with Crippen molar-refractivity contribution in [3.8, 4) is 0 Å². The number of aryl methyl sites for hydroxylation is 4. The van der Waals surface area contributed by atoms with Gasteiger partial charge < -0.3 is 9.80 Å². The van der Waals surface area contributed by atoms with Gasteiger partial charge in [0.05, 0.1) is 0 Å². The minimum absolute atomic E-state index is 0.314. The molecule has 25 heavy (non-hydrogen) atoms. The van der Waals surface area contributed by atoms with Gasteiger partial charge in [0.15, 0.2) is 0 Å². The van der Waals surface area contributed by atoms with Gasteiger partial charge in [0, 0.05) is 39.6 Å². The van der Waals surface area contributed by atoms with Gasteiger partial charge in [-0.25, -0.2) is 0 Å². The average molecular weight is 356 g/mol. The van der Waals surface area contributed by atoms with E-state index in [4.69, 9.17) is 0 Å². The van der Waals surface area contributed by atoms with Crippen LogP contribution < -0.4 is 20.4 Å². The molecular formula is C22H33N2P. The molecule has 2 aromatic carbocycles. The van der Waals surface area contributed by atoms with E-state index < -0.39 is 0 Å². The monoisotopic (exact) mass is 356 g/mol. The Hall–Kier alpha value is -1.53. The highest BCUT2D eigenvalue weighted by molar-refractivity contribution is 7.73. The van der Waals surface area contributed by atoms with Crippen molar-refractivity contribution in [3.63, 3.8) is 0 Å². The summed E-state index contributed by atoms with van der Waals surface area (Å²) in [5.41, 5.74) is 8.20. The summed E-state index contributed by atoms with van der Waals surface area (Å²) in [5, 5.41) is 2.99. The van der Waals surface area contributed by atoms with Crippen LogP contribution >= 0.6 is 7.92 Å². The molecule has 2 nitrogen and oxygen atoms in total. The Balaban J connectivity index is 2.54. The van der Waals surface area contributed by atoms with Gasteiger partial charge in [0.25, 0.3) is 0 Å². The summed E-state index contributed by atoms with van der Waals surface area (Å²) in [4.78, 5) is 4.45. The highest BCUT2D eigenvalue weighted by Gasteiger charge is 2.17. The van der Waals surface area contributed by atoms with Crippen LogP contribution in [0.15, 0.2) is 24.3 Å². The molecule has 0 radical (unpaired) electrons. The molecule has 2 aromatic rings. The fourth-order valence-corrected chi connectivity index (χ4v) is 6.53. The predicted octanol–water partition coefficient (Wildman–Crippen LogP) is 4.50. The maximum absolute atomic E-state index is 2.40. The van der Waals surface area contributed by atoms with E-state index in [1.165, 1.54) is 50.4 Å². The zero-order chi connectivity index (χ0) is 18.9. The molecule has 0 fully saturated rings. The maximum Gasteiger partial charge on any atom is 0.0420 e. The zero-order valence-corrected chi connectivity index (χ0v) is 18.3. The van der Waals surface area contributed by atoms with E-state index in [0.29, 0.717) is 0 Å². The highest BCUT2D eigenvalue weighted by Crippen LogP contribution is 2.37. The van der Waals surface area contributed by atoms with Crippen LogP contribution in [-0.4, -0.2) is 34.4 Å². The Labute approximate surface area is 155 Å². The molecule has 136 valence electrons. The van der Waals surface area contributed by atoms with Gasteiger partial charge in [-0.15, -0.1) is 0 Å². The second-order valence-electron chi connectivity index (χ2n) is 7.39. The summed E-state index contributed by atoms with van der Waals surface area (Å²) >= 11 is 0. The SMILES string of the molecule is CCP(c1cc(C)c(N(C)C)c(C)c1)c1cc(C)c(N(C)C)c(C)c1. The van der Waals surface area contributed by atoms with Crippen molar-refractivity contribution in [2.24, 2.45) is 0 Å². The van der Waals surface area contributed by atoms with Crippen LogP contribution in [-0.2, 0) is 0 Å². The van der Waals surface area contributed by atoms with Crippen molar-refractivity contribution < 1.29 is 0 Å². The smallest absolute Gasteiger partial charge is 0.0420 e. The minimum atomic E-state index is -0.314. The third-order valence-corrected chi connectivity index (χ3v) is 7.18. The Bertz CT molecular complexity index is 653. The molecule has 0 N–H and O–H groups in total. The first kappa shape index (κ1) is 19.8. The molecule has 3 heteroatoms. The molecule has 0 aliphatic heterocycles. The molecule has 0 saturated heterocycles. The number of rotatable bonds is 5.